The SMILES string of the molecule is COc1ccc(Br)c(C(=O)O[C@@H](C)C(=O)NCc2ccc3c(c2)OCO3)c1. The largest absolute Gasteiger partial charge is 0.497 e. The van der Waals surface area contributed by atoms with Crippen LogP contribution < -0.4 is 19.5 Å². The van der Waals surface area contributed by atoms with Crippen molar-refractivity contribution in [3.05, 3.63) is 52.0 Å². The van der Waals surface area contributed by atoms with Gasteiger partial charge in [-0.1, -0.05) is 6.07 Å². The lowest BCUT2D eigenvalue weighted by atomic mass is 10.2. The van der Waals surface area contributed by atoms with E-state index < -0.39 is 18.0 Å². The Morgan fingerprint density at radius 3 is 2.74 bits per heavy atom. The first-order chi connectivity index (χ1) is 13.0. The van der Waals surface area contributed by atoms with Crippen molar-refractivity contribution in [2.24, 2.45) is 0 Å². The van der Waals surface area contributed by atoms with Crippen molar-refractivity contribution >= 4 is 27.8 Å². The molecule has 0 aliphatic carbocycles. The number of carbonyl (C=O) groups is 2. The van der Waals surface area contributed by atoms with Crippen LogP contribution in [0.1, 0.15) is 22.8 Å². The lowest BCUT2D eigenvalue weighted by molar-refractivity contribution is -0.129. The van der Waals surface area contributed by atoms with Crippen LogP contribution in [-0.2, 0) is 16.1 Å². The van der Waals surface area contributed by atoms with Gasteiger partial charge in [-0.3, -0.25) is 4.79 Å². The third-order valence-corrected chi connectivity index (χ3v) is 4.64. The van der Waals surface area contributed by atoms with Gasteiger partial charge in [0.15, 0.2) is 17.6 Å². The monoisotopic (exact) mass is 435 g/mol. The standard InChI is InChI=1S/C19H18BrNO6/c1-11(27-19(23)14-8-13(24-2)4-5-15(14)20)18(22)21-9-12-3-6-16-17(7-12)26-10-25-16/h3-8,11H,9-10H2,1-2H3,(H,21,22)/t11-/m0/s1. The topological polar surface area (TPSA) is 83.1 Å². The molecule has 8 heteroatoms. The summed E-state index contributed by atoms with van der Waals surface area (Å²) < 4.78 is 21.5. The van der Waals surface area contributed by atoms with Crippen molar-refractivity contribution in [3.8, 4) is 17.2 Å². The second kappa shape index (κ2) is 8.30. The Morgan fingerprint density at radius 1 is 1.19 bits per heavy atom. The maximum absolute atomic E-state index is 12.3. The van der Waals surface area contributed by atoms with Crippen LogP contribution in [0.5, 0.6) is 17.2 Å². The lowest BCUT2D eigenvalue weighted by Crippen LogP contribution is -2.35. The fourth-order valence-electron chi connectivity index (χ4n) is 2.45. The third-order valence-electron chi connectivity index (χ3n) is 3.95. The highest BCUT2D eigenvalue weighted by atomic mass is 79.9. The van der Waals surface area contributed by atoms with E-state index >= 15 is 0 Å². The van der Waals surface area contributed by atoms with Crippen molar-refractivity contribution in [2.45, 2.75) is 19.6 Å². The van der Waals surface area contributed by atoms with Gasteiger partial charge < -0.3 is 24.3 Å². The number of carbonyl (C=O) groups excluding carboxylic acids is 2. The minimum absolute atomic E-state index is 0.192. The molecule has 2 aromatic carbocycles. The van der Waals surface area contributed by atoms with Gasteiger partial charge in [0.1, 0.15) is 5.75 Å². The number of nitrogens with one attached hydrogen (secondary N) is 1. The average Bonchev–Trinajstić information content (AvgIpc) is 3.14. The van der Waals surface area contributed by atoms with Crippen LogP contribution in [0.3, 0.4) is 0 Å². The summed E-state index contributed by atoms with van der Waals surface area (Å²) in [5, 5.41) is 2.73. The van der Waals surface area contributed by atoms with E-state index in [1.165, 1.54) is 14.0 Å². The number of benzene rings is 2. The Morgan fingerprint density at radius 2 is 1.96 bits per heavy atom. The first-order valence-electron chi connectivity index (χ1n) is 8.18. The molecule has 1 aliphatic heterocycles. The van der Waals surface area contributed by atoms with E-state index in [0.717, 1.165) is 5.56 Å². The Kier molecular flexibility index (Phi) is 5.85. The average molecular weight is 436 g/mol. The molecule has 0 saturated carbocycles. The Labute approximate surface area is 164 Å². The number of amides is 1. The molecule has 1 atom stereocenters. The molecule has 27 heavy (non-hydrogen) atoms. The van der Waals surface area contributed by atoms with Gasteiger partial charge in [-0.05, 0) is 58.7 Å². The third kappa shape index (κ3) is 4.51. The summed E-state index contributed by atoms with van der Waals surface area (Å²) in [6.45, 7) is 1.99. The normalized spacial score (nSPS) is 13.0. The maximum atomic E-state index is 12.3. The highest BCUT2D eigenvalue weighted by Crippen LogP contribution is 2.32. The minimum atomic E-state index is -0.954. The van der Waals surface area contributed by atoms with Gasteiger partial charge in [0.25, 0.3) is 5.91 Å². The molecule has 1 N–H and O–H groups in total. The van der Waals surface area contributed by atoms with Crippen LogP contribution in [0.25, 0.3) is 0 Å². The molecular weight excluding hydrogens is 418 g/mol. The second-order valence-corrected chi connectivity index (χ2v) is 6.65. The molecular formula is C19H18BrNO6. The smallest absolute Gasteiger partial charge is 0.340 e. The van der Waals surface area contributed by atoms with Crippen LogP contribution in [0.2, 0.25) is 0 Å². The van der Waals surface area contributed by atoms with Gasteiger partial charge in [0.2, 0.25) is 6.79 Å². The number of hydrogen-bond acceptors (Lipinski definition) is 6. The fourth-order valence-corrected chi connectivity index (χ4v) is 2.86. The fraction of sp³-hybridized carbons (Fsp3) is 0.263. The molecule has 2 aromatic rings. The van der Waals surface area contributed by atoms with Gasteiger partial charge in [-0.25, -0.2) is 4.79 Å². The maximum Gasteiger partial charge on any atom is 0.340 e. The molecule has 0 saturated heterocycles. The van der Waals surface area contributed by atoms with E-state index in [9.17, 15) is 9.59 Å². The second-order valence-electron chi connectivity index (χ2n) is 5.80. The molecule has 0 radical (unpaired) electrons. The summed E-state index contributed by atoms with van der Waals surface area (Å²) in [4.78, 5) is 24.6. The summed E-state index contributed by atoms with van der Waals surface area (Å²) in [6.07, 6.45) is -0.954. The summed E-state index contributed by atoms with van der Waals surface area (Å²) in [5.41, 5.74) is 1.13. The Bertz CT molecular complexity index is 869. The molecule has 7 nitrogen and oxygen atoms in total. The quantitative estimate of drug-likeness (QED) is 0.702. The zero-order chi connectivity index (χ0) is 19.4. The van der Waals surface area contributed by atoms with E-state index in [1.54, 1.807) is 30.3 Å². The van der Waals surface area contributed by atoms with E-state index in [2.05, 4.69) is 21.2 Å². The van der Waals surface area contributed by atoms with Gasteiger partial charge >= 0.3 is 5.97 Å². The Balaban J connectivity index is 1.56. The number of esters is 1. The van der Waals surface area contributed by atoms with Gasteiger partial charge in [0.05, 0.1) is 12.7 Å². The van der Waals surface area contributed by atoms with Gasteiger partial charge in [-0.15, -0.1) is 0 Å². The summed E-state index contributed by atoms with van der Waals surface area (Å²) in [6, 6.07) is 10.4. The van der Waals surface area contributed by atoms with Crippen LogP contribution in [0.15, 0.2) is 40.9 Å². The summed E-state index contributed by atoms with van der Waals surface area (Å²) in [7, 11) is 1.50. The lowest BCUT2D eigenvalue weighted by Gasteiger charge is -2.14. The van der Waals surface area contributed by atoms with Crippen LogP contribution >= 0.6 is 15.9 Å². The number of rotatable bonds is 6. The number of halogens is 1. The van der Waals surface area contributed by atoms with Gasteiger partial charge in [0, 0.05) is 11.0 Å². The van der Waals surface area contributed by atoms with Crippen molar-refractivity contribution in [1.82, 2.24) is 5.32 Å². The molecule has 142 valence electrons. The van der Waals surface area contributed by atoms with E-state index in [4.69, 9.17) is 18.9 Å². The van der Waals surface area contributed by atoms with E-state index in [-0.39, 0.29) is 18.9 Å². The zero-order valence-electron chi connectivity index (χ0n) is 14.8. The molecule has 1 heterocycles. The number of hydrogen-bond donors (Lipinski definition) is 1. The Hall–Kier alpha value is -2.74. The van der Waals surface area contributed by atoms with Crippen molar-refractivity contribution in [2.75, 3.05) is 13.9 Å². The molecule has 1 aliphatic rings. The predicted molar refractivity (Wildman–Crippen MR) is 100.0 cm³/mol. The molecule has 3 rings (SSSR count). The molecule has 0 spiro atoms. The van der Waals surface area contributed by atoms with Crippen molar-refractivity contribution in [3.63, 3.8) is 0 Å². The highest BCUT2D eigenvalue weighted by Gasteiger charge is 2.21. The number of fused-ring (bicyclic) bond motifs is 1. The van der Waals surface area contributed by atoms with Gasteiger partial charge in [-0.2, -0.15) is 0 Å². The molecule has 0 fully saturated rings. The van der Waals surface area contributed by atoms with Crippen LogP contribution in [0.4, 0.5) is 0 Å². The van der Waals surface area contributed by atoms with E-state index in [1.807, 2.05) is 6.07 Å². The molecule has 0 unspecified atom stereocenters. The summed E-state index contributed by atoms with van der Waals surface area (Å²) >= 11 is 3.29. The summed E-state index contributed by atoms with van der Waals surface area (Å²) in [5.74, 6) is 0.817. The van der Waals surface area contributed by atoms with Crippen molar-refractivity contribution < 1.29 is 28.5 Å². The highest BCUT2D eigenvalue weighted by molar-refractivity contribution is 9.10. The zero-order valence-corrected chi connectivity index (χ0v) is 16.4. The number of ether oxygens (including phenoxy) is 4. The minimum Gasteiger partial charge on any atom is -0.497 e. The first kappa shape index (κ1) is 19.0. The predicted octanol–water partition coefficient (Wildman–Crippen LogP) is 3.05. The molecule has 1 amide bonds. The van der Waals surface area contributed by atoms with Crippen molar-refractivity contribution in [1.29, 1.82) is 0 Å². The van der Waals surface area contributed by atoms with Crippen LogP contribution in [-0.4, -0.2) is 31.9 Å². The first-order valence-corrected chi connectivity index (χ1v) is 8.98. The molecule has 0 bridgehead atoms. The van der Waals surface area contributed by atoms with E-state index in [0.29, 0.717) is 21.7 Å². The number of methoxy groups -OCH3 is 1. The molecule has 0 aromatic heterocycles. The van der Waals surface area contributed by atoms with Crippen LogP contribution in [0, 0.1) is 0 Å².